The van der Waals surface area contributed by atoms with Gasteiger partial charge in [-0.15, -0.1) is 0 Å². The molecular formula is C16H24N4O3. The van der Waals surface area contributed by atoms with Gasteiger partial charge in [0.25, 0.3) is 0 Å². The zero-order valence-corrected chi connectivity index (χ0v) is 13.6. The van der Waals surface area contributed by atoms with Gasteiger partial charge in [-0.05, 0) is 6.07 Å². The van der Waals surface area contributed by atoms with Crippen molar-refractivity contribution in [2.45, 2.75) is 6.54 Å². The molecule has 0 atom stereocenters. The van der Waals surface area contributed by atoms with Crippen molar-refractivity contribution in [3.05, 3.63) is 23.9 Å². The fourth-order valence-corrected chi connectivity index (χ4v) is 3.01. The van der Waals surface area contributed by atoms with Crippen LogP contribution in [0.1, 0.15) is 5.56 Å². The summed E-state index contributed by atoms with van der Waals surface area (Å²) in [5.74, 6) is 0.960. The Hall–Kier alpha value is -1.86. The molecule has 2 amide bonds. The van der Waals surface area contributed by atoms with Crippen molar-refractivity contribution in [2.24, 2.45) is 0 Å². The lowest BCUT2D eigenvalue weighted by atomic mass is 10.2. The third-order valence-corrected chi connectivity index (χ3v) is 4.29. The summed E-state index contributed by atoms with van der Waals surface area (Å²) >= 11 is 0. The number of nitrogens with zero attached hydrogens (tertiary/aromatic N) is 4. The maximum atomic E-state index is 12.8. The standard InChI is InChI=1S/C16H24N4O3/c1-22-10-7-18-5-6-20(13-14-3-2-4-17-15(14)18)16(21)19-8-11-23-12-9-19/h2-4H,5-13H2,1H3. The Labute approximate surface area is 136 Å². The molecule has 2 aliphatic heterocycles. The zero-order valence-electron chi connectivity index (χ0n) is 13.6. The Kier molecular flexibility index (Phi) is 5.30. The number of fused-ring (bicyclic) bond motifs is 1. The van der Waals surface area contributed by atoms with Crippen LogP contribution in [-0.4, -0.2) is 80.5 Å². The van der Waals surface area contributed by atoms with Crippen molar-refractivity contribution in [1.29, 1.82) is 0 Å². The highest BCUT2D eigenvalue weighted by atomic mass is 16.5. The van der Waals surface area contributed by atoms with Gasteiger partial charge in [-0.3, -0.25) is 0 Å². The molecule has 0 unspecified atom stereocenters. The highest BCUT2D eigenvalue weighted by molar-refractivity contribution is 5.75. The summed E-state index contributed by atoms with van der Waals surface area (Å²) in [4.78, 5) is 23.3. The number of ether oxygens (including phenoxy) is 2. The largest absolute Gasteiger partial charge is 0.383 e. The van der Waals surface area contributed by atoms with Gasteiger partial charge in [0.15, 0.2) is 0 Å². The molecule has 0 bridgehead atoms. The van der Waals surface area contributed by atoms with E-state index in [1.807, 2.05) is 21.9 Å². The number of pyridine rings is 1. The van der Waals surface area contributed by atoms with E-state index in [2.05, 4.69) is 9.88 Å². The van der Waals surface area contributed by atoms with Gasteiger partial charge in [0.2, 0.25) is 0 Å². The number of anilines is 1. The summed E-state index contributed by atoms with van der Waals surface area (Å²) in [5.41, 5.74) is 1.09. The van der Waals surface area contributed by atoms with Crippen LogP contribution in [-0.2, 0) is 16.0 Å². The number of hydrogen-bond donors (Lipinski definition) is 0. The van der Waals surface area contributed by atoms with Crippen LogP contribution in [0, 0.1) is 0 Å². The topological polar surface area (TPSA) is 58.1 Å². The Morgan fingerprint density at radius 1 is 1.26 bits per heavy atom. The SMILES string of the molecule is COCCN1CCN(C(=O)N2CCOCC2)Cc2cccnc21. The molecule has 3 rings (SSSR count). The number of amides is 2. The number of aromatic nitrogens is 1. The Bertz CT molecular complexity index is 534. The fraction of sp³-hybridized carbons (Fsp3) is 0.625. The Balaban J connectivity index is 1.75. The summed E-state index contributed by atoms with van der Waals surface area (Å²) in [6, 6.07) is 4.07. The van der Waals surface area contributed by atoms with E-state index in [0.717, 1.165) is 24.5 Å². The molecule has 1 fully saturated rings. The minimum atomic E-state index is 0.0942. The molecule has 7 heteroatoms. The molecule has 0 aliphatic carbocycles. The van der Waals surface area contributed by atoms with Crippen LogP contribution in [0.25, 0.3) is 0 Å². The van der Waals surface area contributed by atoms with Crippen molar-refractivity contribution in [1.82, 2.24) is 14.8 Å². The van der Waals surface area contributed by atoms with E-state index in [1.165, 1.54) is 0 Å². The number of morpholine rings is 1. The fourth-order valence-electron chi connectivity index (χ4n) is 3.01. The molecule has 0 N–H and O–H groups in total. The van der Waals surface area contributed by atoms with Gasteiger partial charge in [-0.25, -0.2) is 9.78 Å². The van der Waals surface area contributed by atoms with Gasteiger partial charge in [-0.2, -0.15) is 0 Å². The summed E-state index contributed by atoms with van der Waals surface area (Å²) in [5, 5.41) is 0. The van der Waals surface area contributed by atoms with Crippen molar-refractivity contribution < 1.29 is 14.3 Å². The van der Waals surface area contributed by atoms with Crippen molar-refractivity contribution in [3.8, 4) is 0 Å². The first-order valence-electron chi connectivity index (χ1n) is 8.09. The van der Waals surface area contributed by atoms with Crippen LogP contribution >= 0.6 is 0 Å². The van der Waals surface area contributed by atoms with Crippen LogP contribution in [0.2, 0.25) is 0 Å². The lowest BCUT2D eigenvalue weighted by Crippen LogP contribution is -2.48. The number of carbonyl (C=O) groups excluding carboxylic acids is 1. The highest BCUT2D eigenvalue weighted by Gasteiger charge is 2.27. The Morgan fingerprint density at radius 2 is 2.09 bits per heavy atom. The Morgan fingerprint density at radius 3 is 2.87 bits per heavy atom. The second kappa shape index (κ2) is 7.61. The molecule has 3 heterocycles. The molecule has 126 valence electrons. The van der Waals surface area contributed by atoms with Crippen molar-refractivity contribution in [3.63, 3.8) is 0 Å². The van der Waals surface area contributed by atoms with Crippen LogP contribution < -0.4 is 4.90 Å². The molecule has 7 nitrogen and oxygen atoms in total. The summed E-state index contributed by atoms with van der Waals surface area (Å²) in [6.45, 7) is 6.07. The van der Waals surface area contributed by atoms with Gasteiger partial charge in [-0.1, -0.05) is 6.07 Å². The van der Waals surface area contributed by atoms with Gasteiger partial charge >= 0.3 is 6.03 Å². The average molecular weight is 320 g/mol. The lowest BCUT2D eigenvalue weighted by molar-refractivity contribution is 0.0430. The zero-order chi connectivity index (χ0) is 16.1. The van der Waals surface area contributed by atoms with Crippen LogP contribution in [0.4, 0.5) is 10.6 Å². The molecule has 1 saturated heterocycles. The number of methoxy groups -OCH3 is 1. The number of hydrogen-bond acceptors (Lipinski definition) is 5. The molecular weight excluding hydrogens is 296 g/mol. The van der Waals surface area contributed by atoms with Gasteiger partial charge in [0.05, 0.1) is 26.4 Å². The lowest BCUT2D eigenvalue weighted by Gasteiger charge is -2.32. The van der Waals surface area contributed by atoms with Gasteiger partial charge < -0.3 is 24.2 Å². The predicted molar refractivity (Wildman–Crippen MR) is 86.5 cm³/mol. The minimum absolute atomic E-state index is 0.0942. The second-order valence-corrected chi connectivity index (χ2v) is 5.77. The van der Waals surface area contributed by atoms with Gasteiger partial charge in [0.1, 0.15) is 5.82 Å². The van der Waals surface area contributed by atoms with E-state index in [4.69, 9.17) is 9.47 Å². The number of carbonyl (C=O) groups is 1. The molecule has 1 aromatic rings. The van der Waals surface area contributed by atoms with Crippen molar-refractivity contribution in [2.75, 3.05) is 64.6 Å². The molecule has 0 saturated carbocycles. The summed E-state index contributed by atoms with van der Waals surface area (Å²) in [7, 11) is 1.70. The second-order valence-electron chi connectivity index (χ2n) is 5.77. The molecule has 0 aromatic carbocycles. The maximum Gasteiger partial charge on any atom is 0.320 e. The monoisotopic (exact) mass is 320 g/mol. The first-order valence-corrected chi connectivity index (χ1v) is 8.09. The number of rotatable bonds is 3. The molecule has 0 radical (unpaired) electrons. The van der Waals surface area contributed by atoms with E-state index in [9.17, 15) is 4.79 Å². The highest BCUT2D eigenvalue weighted by Crippen LogP contribution is 2.23. The molecule has 2 aliphatic rings. The number of urea groups is 1. The quantitative estimate of drug-likeness (QED) is 0.825. The van der Waals surface area contributed by atoms with E-state index in [1.54, 1.807) is 13.3 Å². The third-order valence-electron chi connectivity index (χ3n) is 4.29. The summed E-state index contributed by atoms with van der Waals surface area (Å²) in [6.07, 6.45) is 1.80. The van der Waals surface area contributed by atoms with Crippen LogP contribution in [0.3, 0.4) is 0 Å². The normalized spacial score (nSPS) is 18.6. The van der Waals surface area contributed by atoms with Gasteiger partial charge in [0, 0.05) is 51.6 Å². The van der Waals surface area contributed by atoms with E-state index < -0.39 is 0 Å². The first-order chi connectivity index (χ1) is 11.3. The predicted octanol–water partition coefficient (Wildman–Crippen LogP) is 0.802. The van der Waals surface area contributed by atoms with E-state index in [-0.39, 0.29) is 6.03 Å². The van der Waals surface area contributed by atoms with Crippen LogP contribution in [0.5, 0.6) is 0 Å². The summed E-state index contributed by atoms with van der Waals surface area (Å²) < 4.78 is 10.5. The third kappa shape index (κ3) is 3.73. The van der Waals surface area contributed by atoms with Crippen LogP contribution in [0.15, 0.2) is 18.3 Å². The smallest absolute Gasteiger partial charge is 0.320 e. The van der Waals surface area contributed by atoms with Crippen molar-refractivity contribution >= 4 is 11.8 Å². The molecule has 0 spiro atoms. The molecule has 1 aromatic heterocycles. The first kappa shape index (κ1) is 16.0. The van der Waals surface area contributed by atoms with E-state index >= 15 is 0 Å². The van der Waals surface area contributed by atoms with E-state index in [0.29, 0.717) is 46.0 Å². The molecule has 23 heavy (non-hydrogen) atoms. The maximum absolute atomic E-state index is 12.8. The average Bonchev–Trinajstić information content (AvgIpc) is 2.79. The minimum Gasteiger partial charge on any atom is -0.383 e.